The highest BCUT2D eigenvalue weighted by molar-refractivity contribution is 5.63. The molecule has 0 spiro atoms. The summed E-state index contributed by atoms with van der Waals surface area (Å²) < 4.78 is 0. The second kappa shape index (κ2) is 18.7. The van der Waals surface area contributed by atoms with Crippen molar-refractivity contribution in [3.8, 4) is 0 Å². The lowest BCUT2D eigenvalue weighted by molar-refractivity contribution is 1.62. The van der Waals surface area contributed by atoms with Crippen molar-refractivity contribution in [1.82, 2.24) is 0 Å². The lowest BCUT2D eigenvalue weighted by Crippen LogP contribution is -1.76. The molecule has 36 heavy (non-hydrogen) atoms. The van der Waals surface area contributed by atoms with E-state index in [0.29, 0.717) is 0 Å². The second-order valence-electron chi connectivity index (χ2n) is 7.35. The maximum absolute atomic E-state index is 3.69. The molecule has 0 unspecified atom stereocenters. The van der Waals surface area contributed by atoms with E-state index in [0.717, 1.165) is 33.4 Å². The first-order chi connectivity index (χ1) is 17.6. The van der Waals surface area contributed by atoms with Crippen molar-refractivity contribution in [1.29, 1.82) is 0 Å². The van der Waals surface area contributed by atoms with Crippen LogP contribution >= 0.6 is 0 Å². The second-order valence-corrected chi connectivity index (χ2v) is 7.35. The van der Waals surface area contributed by atoms with Crippen LogP contribution in [-0.2, 0) is 0 Å². The number of hydrogen-bond acceptors (Lipinski definition) is 0. The molecule has 0 aliphatic carbocycles. The molecule has 0 saturated heterocycles. The molecule has 0 heterocycles. The van der Waals surface area contributed by atoms with Crippen LogP contribution in [0.1, 0.15) is 33.4 Å². The normalized spacial score (nSPS) is 8.67. The van der Waals surface area contributed by atoms with Crippen molar-refractivity contribution in [2.45, 2.75) is 0 Å². The van der Waals surface area contributed by atoms with Crippen molar-refractivity contribution in [2.24, 2.45) is 0 Å². The molecular formula is C36H36. The zero-order valence-electron chi connectivity index (χ0n) is 21.1. The van der Waals surface area contributed by atoms with Crippen LogP contribution in [0.15, 0.2) is 149 Å². The van der Waals surface area contributed by atoms with E-state index in [1.54, 1.807) is 0 Å². The summed E-state index contributed by atoms with van der Waals surface area (Å²) in [5.41, 5.74) is 6.83. The van der Waals surface area contributed by atoms with Gasteiger partial charge in [0.1, 0.15) is 0 Å². The molecule has 0 aliphatic rings. The Morgan fingerprint density at radius 2 is 0.639 bits per heavy atom. The minimum atomic E-state index is 1.14. The lowest BCUT2D eigenvalue weighted by Gasteiger charge is -1.96. The Hall–Kier alpha value is -4.68. The summed E-state index contributed by atoms with van der Waals surface area (Å²) in [6.07, 6.45) is 11.0. The van der Waals surface area contributed by atoms with Gasteiger partial charge >= 0.3 is 0 Å². The van der Waals surface area contributed by atoms with Gasteiger partial charge in [-0.25, -0.2) is 0 Å². The summed E-state index contributed by atoms with van der Waals surface area (Å²) in [4.78, 5) is 0. The summed E-state index contributed by atoms with van der Waals surface area (Å²) >= 11 is 0. The molecule has 0 nitrogen and oxygen atoms in total. The summed E-state index contributed by atoms with van der Waals surface area (Å²) in [6, 6.07) is 36.2. The average molecular weight is 469 g/mol. The fourth-order valence-corrected chi connectivity index (χ4v) is 2.85. The van der Waals surface area contributed by atoms with E-state index in [4.69, 9.17) is 0 Å². The van der Waals surface area contributed by atoms with Gasteiger partial charge in [0.15, 0.2) is 0 Å². The van der Waals surface area contributed by atoms with E-state index in [9.17, 15) is 0 Å². The Kier molecular flexibility index (Phi) is 15.3. The molecule has 0 N–H and O–H groups in total. The molecule has 0 fully saturated rings. The molecule has 4 aromatic rings. The summed E-state index contributed by atoms with van der Waals surface area (Å²) in [5, 5.41) is 0. The number of benzene rings is 4. The molecule has 0 amide bonds. The van der Waals surface area contributed by atoms with E-state index < -0.39 is 0 Å². The largest absolute Gasteiger partial charge is 0.0985 e. The molecule has 0 heteroatoms. The zero-order valence-corrected chi connectivity index (χ0v) is 21.1. The van der Waals surface area contributed by atoms with Crippen LogP contribution < -0.4 is 0 Å². The van der Waals surface area contributed by atoms with Crippen molar-refractivity contribution in [3.63, 3.8) is 0 Å². The third-order valence-corrected chi connectivity index (χ3v) is 4.89. The van der Waals surface area contributed by atoms with Crippen LogP contribution in [0.5, 0.6) is 0 Å². The zero-order chi connectivity index (χ0) is 26.4. The molecule has 180 valence electrons. The van der Waals surface area contributed by atoms with E-state index in [1.165, 1.54) is 0 Å². The smallest absolute Gasteiger partial charge is 0.0190 e. The van der Waals surface area contributed by atoms with E-state index in [-0.39, 0.29) is 0 Å². The highest BCUT2D eigenvalue weighted by Gasteiger charge is 1.89. The highest BCUT2D eigenvalue weighted by Crippen LogP contribution is 2.10. The first kappa shape index (κ1) is 29.4. The monoisotopic (exact) mass is 468 g/mol. The van der Waals surface area contributed by atoms with Crippen LogP contribution in [0.2, 0.25) is 0 Å². The summed E-state index contributed by atoms with van der Waals surface area (Å²) in [6.45, 7) is 22.0. The van der Waals surface area contributed by atoms with Crippen molar-refractivity contribution >= 4 is 36.5 Å². The van der Waals surface area contributed by atoms with Crippen molar-refractivity contribution in [3.05, 3.63) is 182 Å². The van der Waals surface area contributed by atoms with Crippen LogP contribution in [-0.4, -0.2) is 0 Å². The Balaban J connectivity index is 0.000000244. The Bertz CT molecular complexity index is 1100. The number of hydrogen-bond donors (Lipinski definition) is 0. The SMILES string of the molecule is C=Cc1ccc(C=C)cc1.C=Cc1cccc(C=C)c1.C=Cc1ccccc1C=C.c1ccccc1. The summed E-state index contributed by atoms with van der Waals surface area (Å²) in [7, 11) is 0. The molecule has 0 radical (unpaired) electrons. The van der Waals surface area contributed by atoms with Crippen LogP contribution in [0.25, 0.3) is 36.5 Å². The molecule has 0 saturated carbocycles. The Morgan fingerprint density at radius 1 is 0.306 bits per heavy atom. The van der Waals surface area contributed by atoms with Gasteiger partial charge in [-0.05, 0) is 39.4 Å². The molecule has 0 bridgehead atoms. The van der Waals surface area contributed by atoms with Gasteiger partial charge in [-0.2, -0.15) is 0 Å². The van der Waals surface area contributed by atoms with Gasteiger partial charge in [0, 0.05) is 0 Å². The van der Waals surface area contributed by atoms with Crippen LogP contribution in [0.3, 0.4) is 0 Å². The van der Waals surface area contributed by atoms with E-state index in [1.807, 2.05) is 146 Å². The van der Waals surface area contributed by atoms with Gasteiger partial charge in [-0.15, -0.1) is 0 Å². The molecule has 0 atom stereocenters. The predicted molar refractivity (Wildman–Crippen MR) is 166 cm³/mol. The quantitative estimate of drug-likeness (QED) is 0.264. The van der Waals surface area contributed by atoms with Gasteiger partial charge in [-0.3, -0.25) is 0 Å². The predicted octanol–water partition coefficient (Wildman–Crippen LogP) is 10.6. The van der Waals surface area contributed by atoms with E-state index in [2.05, 4.69) is 39.5 Å². The van der Waals surface area contributed by atoms with Gasteiger partial charge in [0.05, 0.1) is 0 Å². The first-order valence-electron chi connectivity index (χ1n) is 11.7. The Labute approximate surface area is 218 Å². The molecule has 4 rings (SSSR count). The topological polar surface area (TPSA) is 0 Å². The Morgan fingerprint density at radius 3 is 0.917 bits per heavy atom. The molecular weight excluding hydrogens is 432 g/mol. The number of rotatable bonds is 6. The van der Waals surface area contributed by atoms with Crippen molar-refractivity contribution in [2.75, 3.05) is 0 Å². The van der Waals surface area contributed by atoms with Crippen LogP contribution in [0, 0.1) is 0 Å². The van der Waals surface area contributed by atoms with Gasteiger partial charge in [0.2, 0.25) is 0 Å². The van der Waals surface area contributed by atoms with Crippen molar-refractivity contribution < 1.29 is 0 Å². The van der Waals surface area contributed by atoms with Gasteiger partial charge in [-0.1, -0.05) is 179 Å². The minimum absolute atomic E-state index is 1.14. The standard InChI is InChI=1S/3C10H10.C6H6/c1-3-9-5-7-10(4-2)8-6-9;1-3-9-6-5-7-10(4-2)8-9;1-3-9-7-5-6-8-10(9)4-2;1-2-4-6-5-3-1/h3*3-8H,1-2H2;1-6H. The van der Waals surface area contributed by atoms with Crippen LogP contribution in [0.4, 0.5) is 0 Å². The molecule has 4 aromatic carbocycles. The third kappa shape index (κ3) is 12.0. The highest BCUT2D eigenvalue weighted by atomic mass is 13.9. The fraction of sp³-hybridized carbons (Fsp3) is 0. The fourth-order valence-electron chi connectivity index (χ4n) is 2.85. The average Bonchev–Trinajstić information content (AvgIpc) is 2.99. The van der Waals surface area contributed by atoms with Gasteiger partial charge < -0.3 is 0 Å². The third-order valence-electron chi connectivity index (χ3n) is 4.89. The molecule has 0 aromatic heterocycles. The maximum Gasteiger partial charge on any atom is -0.0190 e. The molecule has 0 aliphatic heterocycles. The van der Waals surface area contributed by atoms with Gasteiger partial charge in [0.25, 0.3) is 0 Å². The first-order valence-corrected chi connectivity index (χ1v) is 11.7. The minimum Gasteiger partial charge on any atom is -0.0985 e. The van der Waals surface area contributed by atoms with E-state index >= 15 is 0 Å². The lowest BCUT2D eigenvalue weighted by atomic mass is 10.1. The maximum atomic E-state index is 3.69. The summed E-state index contributed by atoms with van der Waals surface area (Å²) in [5.74, 6) is 0.